The van der Waals surface area contributed by atoms with Crippen molar-refractivity contribution < 1.29 is 0 Å². The maximum Gasteiger partial charge on any atom is 0.180 e. The molecular formula is C71H48Si. The van der Waals surface area contributed by atoms with E-state index in [2.05, 4.69) is 269 Å². The third-order valence-electron chi connectivity index (χ3n) is 16.7. The lowest BCUT2D eigenvalue weighted by molar-refractivity contribution is 0.661. The number of hydrogen-bond donors (Lipinski definition) is 0. The average Bonchev–Trinajstić information content (AvgIpc) is 3.67. The molecule has 0 amide bonds. The molecule has 72 heavy (non-hydrogen) atoms. The lowest BCUT2D eigenvalue weighted by Crippen LogP contribution is -2.75. The zero-order valence-corrected chi connectivity index (χ0v) is 41.2. The minimum atomic E-state index is -3.04. The van der Waals surface area contributed by atoms with Gasteiger partial charge in [-0.05, 0) is 153 Å². The predicted octanol–water partition coefficient (Wildman–Crippen LogP) is 16.2. The van der Waals surface area contributed by atoms with E-state index in [0.29, 0.717) is 0 Å². The summed E-state index contributed by atoms with van der Waals surface area (Å²) in [6.45, 7) is 4.85. The Hall–Kier alpha value is -8.62. The first-order chi connectivity index (χ1) is 35.4. The van der Waals surface area contributed by atoms with Crippen LogP contribution in [-0.4, -0.2) is 8.07 Å². The van der Waals surface area contributed by atoms with Crippen LogP contribution < -0.4 is 20.7 Å². The van der Waals surface area contributed by atoms with Crippen molar-refractivity contribution in [2.24, 2.45) is 0 Å². The van der Waals surface area contributed by atoms with Crippen LogP contribution in [-0.2, 0) is 5.41 Å². The Balaban J connectivity index is 0.939. The molecule has 0 aliphatic heterocycles. The summed E-state index contributed by atoms with van der Waals surface area (Å²) in [4.78, 5) is 0. The van der Waals surface area contributed by atoms with Crippen molar-refractivity contribution in [2.45, 2.75) is 19.3 Å². The van der Waals surface area contributed by atoms with Crippen LogP contribution in [0.1, 0.15) is 25.0 Å². The molecule has 0 bridgehead atoms. The fourth-order valence-corrected chi connectivity index (χ4v) is 18.3. The van der Waals surface area contributed by atoms with E-state index >= 15 is 0 Å². The van der Waals surface area contributed by atoms with Crippen LogP contribution in [0.25, 0.3) is 109 Å². The first-order valence-electron chi connectivity index (χ1n) is 25.4. The highest BCUT2D eigenvalue weighted by Gasteiger charge is 2.44. The maximum absolute atomic E-state index is 3.04. The number of fused-ring (bicyclic) bond motifs is 3. The van der Waals surface area contributed by atoms with Crippen molar-refractivity contribution in [2.75, 3.05) is 0 Å². The normalized spacial score (nSPS) is 13.2. The van der Waals surface area contributed by atoms with E-state index in [9.17, 15) is 0 Å². The van der Waals surface area contributed by atoms with Crippen molar-refractivity contribution in [1.29, 1.82) is 0 Å². The maximum atomic E-state index is 2.59. The largest absolute Gasteiger partial charge is 0.180 e. The van der Waals surface area contributed by atoms with Gasteiger partial charge < -0.3 is 0 Å². The van der Waals surface area contributed by atoms with Gasteiger partial charge in [0.2, 0.25) is 0 Å². The molecule has 15 rings (SSSR count). The molecule has 0 spiro atoms. The van der Waals surface area contributed by atoms with Gasteiger partial charge in [-0.3, -0.25) is 0 Å². The second-order valence-electron chi connectivity index (χ2n) is 20.7. The molecule has 14 aromatic carbocycles. The van der Waals surface area contributed by atoms with Gasteiger partial charge in [-0.1, -0.05) is 257 Å². The van der Waals surface area contributed by atoms with Crippen LogP contribution in [0.2, 0.25) is 0 Å². The van der Waals surface area contributed by atoms with E-state index in [1.807, 2.05) is 0 Å². The minimum absolute atomic E-state index is 0.221. The molecule has 0 atom stereocenters. The number of hydrogen-bond acceptors (Lipinski definition) is 0. The quantitative estimate of drug-likeness (QED) is 0.0849. The Morgan fingerprint density at radius 2 is 0.625 bits per heavy atom. The summed E-state index contributed by atoms with van der Waals surface area (Å²) in [5.74, 6) is 0. The van der Waals surface area contributed by atoms with Crippen molar-refractivity contribution >= 4 is 93.5 Å². The summed E-state index contributed by atoms with van der Waals surface area (Å²) in [5.41, 5.74) is 12.8. The van der Waals surface area contributed by atoms with Crippen molar-refractivity contribution in [1.82, 2.24) is 0 Å². The fourth-order valence-electron chi connectivity index (χ4n) is 13.3. The van der Waals surface area contributed by atoms with Crippen molar-refractivity contribution in [3.63, 3.8) is 0 Å². The smallest absolute Gasteiger partial charge is 0.0623 e. The minimum Gasteiger partial charge on any atom is -0.0623 e. The second-order valence-corrected chi connectivity index (χ2v) is 24.5. The van der Waals surface area contributed by atoms with Gasteiger partial charge in [-0.2, -0.15) is 0 Å². The average molecular weight is 929 g/mol. The molecule has 0 N–H and O–H groups in total. The summed E-state index contributed by atoms with van der Waals surface area (Å²) >= 11 is 0. The summed E-state index contributed by atoms with van der Waals surface area (Å²) in [7, 11) is -3.04. The predicted molar refractivity (Wildman–Crippen MR) is 311 cm³/mol. The van der Waals surface area contributed by atoms with Gasteiger partial charge in [0.25, 0.3) is 0 Å². The summed E-state index contributed by atoms with van der Waals surface area (Å²) < 4.78 is 0. The molecule has 1 heteroatoms. The lowest BCUT2D eigenvalue weighted by atomic mass is 9.80. The monoisotopic (exact) mass is 928 g/mol. The van der Waals surface area contributed by atoms with E-state index in [1.54, 1.807) is 0 Å². The molecule has 14 aromatic rings. The van der Waals surface area contributed by atoms with E-state index in [0.717, 1.165) is 0 Å². The molecule has 1 aliphatic carbocycles. The van der Waals surface area contributed by atoms with Gasteiger partial charge in [0.05, 0.1) is 0 Å². The molecule has 336 valence electrons. The zero-order valence-electron chi connectivity index (χ0n) is 40.2. The van der Waals surface area contributed by atoms with E-state index in [1.165, 1.54) is 141 Å². The highest BCUT2D eigenvalue weighted by atomic mass is 28.3. The third kappa shape index (κ3) is 5.80. The first-order valence-corrected chi connectivity index (χ1v) is 27.4. The molecule has 0 fully saturated rings. The van der Waals surface area contributed by atoms with E-state index < -0.39 is 8.07 Å². The van der Waals surface area contributed by atoms with Gasteiger partial charge >= 0.3 is 0 Å². The van der Waals surface area contributed by atoms with Crippen molar-refractivity contribution in [3.8, 4) is 44.5 Å². The van der Waals surface area contributed by atoms with Crippen LogP contribution in [0.15, 0.2) is 255 Å². The number of rotatable bonds is 7. The molecule has 0 saturated carbocycles. The van der Waals surface area contributed by atoms with Crippen LogP contribution in [0.4, 0.5) is 0 Å². The van der Waals surface area contributed by atoms with E-state index in [-0.39, 0.29) is 5.41 Å². The fraction of sp³-hybridized carbons (Fsp3) is 0.0423. The van der Waals surface area contributed by atoms with E-state index in [4.69, 9.17) is 0 Å². The molecule has 0 saturated heterocycles. The van der Waals surface area contributed by atoms with Crippen LogP contribution in [0.3, 0.4) is 0 Å². The molecule has 0 heterocycles. The summed E-state index contributed by atoms with van der Waals surface area (Å²) in [6, 6.07) is 97.5. The molecule has 0 unspecified atom stereocenters. The Labute approximate surface area is 420 Å². The molecule has 0 nitrogen and oxygen atoms in total. The van der Waals surface area contributed by atoms with Gasteiger partial charge in [-0.25, -0.2) is 0 Å². The Bertz CT molecular complexity index is 4320. The Kier molecular flexibility index (Phi) is 8.83. The van der Waals surface area contributed by atoms with Crippen LogP contribution >= 0.6 is 0 Å². The van der Waals surface area contributed by atoms with Crippen LogP contribution in [0.5, 0.6) is 0 Å². The Morgan fingerprint density at radius 3 is 1.12 bits per heavy atom. The van der Waals surface area contributed by atoms with Crippen molar-refractivity contribution in [3.05, 3.63) is 266 Å². The molecule has 0 radical (unpaired) electrons. The van der Waals surface area contributed by atoms with Gasteiger partial charge in [-0.15, -0.1) is 0 Å². The van der Waals surface area contributed by atoms with Crippen LogP contribution in [0, 0.1) is 0 Å². The number of benzene rings is 14. The molecular weight excluding hydrogens is 881 g/mol. The van der Waals surface area contributed by atoms with Gasteiger partial charge in [0.15, 0.2) is 8.07 Å². The lowest BCUT2D eigenvalue weighted by Gasteiger charge is -2.36. The SMILES string of the molecule is CC1(C)c2cc(-c3ccc(-c4ccc5ccc6cccc7ccc4c5c67)c([Si](c4ccccc4)(c4ccccc4)c4ccccc4)c3)ccc2-c2ccc(-c3ccc4ccc5cccc6ccc3c4c56)cc21. The molecule has 1 aliphatic rings. The topological polar surface area (TPSA) is 0 Å². The second kappa shape index (κ2) is 15.4. The highest BCUT2D eigenvalue weighted by molar-refractivity contribution is 7.20. The highest BCUT2D eigenvalue weighted by Crippen LogP contribution is 2.52. The zero-order chi connectivity index (χ0) is 47.7. The third-order valence-corrected chi connectivity index (χ3v) is 21.5. The molecule has 0 aromatic heterocycles. The van der Waals surface area contributed by atoms with Gasteiger partial charge in [0.1, 0.15) is 0 Å². The first kappa shape index (κ1) is 41.2. The summed E-state index contributed by atoms with van der Waals surface area (Å²) in [5, 5.41) is 21.2. The Morgan fingerprint density at radius 1 is 0.264 bits per heavy atom. The summed E-state index contributed by atoms with van der Waals surface area (Å²) in [6.07, 6.45) is 0. The standard InChI is InChI=1S/C71H48Si/c1-71(2)64-42-51(32-37-59(64)60-38-34-53(43-65(60)71)57-35-28-49-26-24-45-14-12-16-47-30-40-62(57)69(49)67(45)47)52-33-39-61(58-36-29-50-27-25-46-15-13-17-48-31-41-63(58)70(50)68(46)48)66(44-52)72(54-18-6-3-7-19-54,55-20-8-4-9-21-55)56-22-10-5-11-23-56/h3-44H,1-2H3. The van der Waals surface area contributed by atoms with Gasteiger partial charge in [0, 0.05) is 5.41 Å².